The maximum Gasteiger partial charge on any atom is 0.342 e. The second-order valence-corrected chi connectivity index (χ2v) is 4.97. The Hall–Kier alpha value is -2.69. The molecule has 0 aliphatic heterocycles. The fourth-order valence-electron chi connectivity index (χ4n) is 2.10. The molecular weight excluding hydrogens is 296 g/mol. The molecule has 0 atom stereocenters. The van der Waals surface area contributed by atoms with Crippen molar-refractivity contribution in [3.05, 3.63) is 53.1 Å². The van der Waals surface area contributed by atoms with Gasteiger partial charge in [0.15, 0.2) is 11.5 Å². The van der Waals surface area contributed by atoms with Gasteiger partial charge in [-0.1, -0.05) is 29.8 Å². The van der Waals surface area contributed by atoms with Crippen LogP contribution in [0.1, 0.15) is 21.5 Å². The first-order valence-electron chi connectivity index (χ1n) is 7.11. The predicted octanol–water partition coefficient (Wildman–Crippen LogP) is 3.38. The van der Waals surface area contributed by atoms with Crippen molar-refractivity contribution in [2.75, 3.05) is 21.3 Å². The van der Waals surface area contributed by atoms with Crippen molar-refractivity contribution in [3.63, 3.8) is 0 Å². The first-order valence-corrected chi connectivity index (χ1v) is 7.11. The molecule has 0 amide bonds. The van der Waals surface area contributed by atoms with E-state index in [1.807, 2.05) is 31.2 Å². The molecule has 23 heavy (non-hydrogen) atoms. The number of hydrogen-bond acceptors (Lipinski definition) is 5. The number of methoxy groups -OCH3 is 3. The van der Waals surface area contributed by atoms with Crippen LogP contribution in [0.2, 0.25) is 0 Å². The summed E-state index contributed by atoms with van der Waals surface area (Å²) in [7, 11) is 4.51. The Morgan fingerprint density at radius 2 is 1.43 bits per heavy atom. The van der Waals surface area contributed by atoms with Gasteiger partial charge in [-0.15, -0.1) is 0 Å². The fraction of sp³-hybridized carbons (Fsp3) is 0.278. The van der Waals surface area contributed by atoms with Crippen LogP contribution in [0.4, 0.5) is 0 Å². The van der Waals surface area contributed by atoms with Crippen LogP contribution < -0.4 is 14.2 Å². The van der Waals surface area contributed by atoms with E-state index in [1.165, 1.54) is 21.3 Å². The van der Waals surface area contributed by atoms with Gasteiger partial charge in [0.05, 0.1) is 21.3 Å². The van der Waals surface area contributed by atoms with E-state index in [2.05, 4.69) is 0 Å². The van der Waals surface area contributed by atoms with Crippen molar-refractivity contribution in [1.29, 1.82) is 0 Å². The van der Waals surface area contributed by atoms with Crippen LogP contribution >= 0.6 is 0 Å². The van der Waals surface area contributed by atoms with E-state index in [0.717, 1.165) is 11.1 Å². The third kappa shape index (κ3) is 3.94. The molecule has 0 radical (unpaired) electrons. The topological polar surface area (TPSA) is 54.0 Å². The van der Waals surface area contributed by atoms with Crippen molar-refractivity contribution < 1.29 is 23.7 Å². The molecule has 0 aromatic heterocycles. The van der Waals surface area contributed by atoms with E-state index in [4.69, 9.17) is 18.9 Å². The minimum absolute atomic E-state index is 0.191. The Bertz CT molecular complexity index is 677. The molecule has 2 aromatic rings. The lowest BCUT2D eigenvalue weighted by Crippen LogP contribution is -2.08. The number of hydrogen-bond donors (Lipinski definition) is 0. The average molecular weight is 316 g/mol. The number of rotatable bonds is 6. The zero-order valence-corrected chi connectivity index (χ0v) is 13.7. The summed E-state index contributed by atoms with van der Waals surface area (Å²) < 4.78 is 21.0. The SMILES string of the molecule is COc1cc(OC)c(C(=O)OCc2ccc(C)cc2)cc1OC. The molecule has 0 aliphatic carbocycles. The third-order valence-corrected chi connectivity index (χ3v) is 3.42. The van der Waals surface area contributed by atoms with Crippen LogP contribution in [0, 0.1) is 6.92 Å². The van der Waals surface area contributed by atoms with E-state index >= 15 is 0 Å². The number of esters is 1. The highest BCUT2D eigenvalue weighted by molar-refractivity contribution is 5.93. The van der Waals surface area contributed by atoms with Crippen LogP contribution in [0.3, 0.4) is 0 Å². The smallest absolute Gasteiger partial charge is 0.342 e. The largest absolute Gasteiger partial charge is 0.496 e. The van der Waals surface area contributed by atoms with E-state index < -0.39 is 5.97 Å². The molecule has 5 heteroatoms. The maximum absolute atomic E-state index is 12.3. The maximum atomic E-state index is 12.3. The van der Waals surface area contributed by atoms with Gasteiger partial charge in [-0.05, 0) is 12.5 Å². The Labute approximate surface area is 135 Å². The highest BCUT2D eigenvalue weighted by atomic mass is 16.5. The summed E-state index contributed by atoms with van der Waals surface area (Å²) in [5.74, 6) is 0.815. The molecular formula is C18H20O5. The summed E-state index contributed by atoms with van der Waals surface area (Å²) >= 11 is 0. The molecule has 0 saturated carbocycles. The van der Waals surface area contributed by atoms with Crippen LogP contribution in [0.25, 0.3) is 0 Å². The summed E-state index contributed by atoms with van der Waals surface area (Å²) in [6.45, 7) is 2.20. The summed E-state index contributed by atoms with van der Waals surface area (Å²) in [4.78, 5) is 12.3. The van der Waals surface area contributed by atoms with E-state index in [-0.39, 0.29) is 12.2 Å². The van der Waals surface area contributed by atoms with Crippen LogP contribution in [-0.2, 0) is 11.3 Å². The second-order valence-electron chi connectivity index (χ2n) is 4.97. The zero-order chi connectivity index (χ0) is 16.8. The molecule has 0 fully saturated rings. The number of aryl methyl sites for hydroxylation is 1. The number of carbonyl (C=O) groups excluding carboxylic acids is 1. The average Bonchev–Trinajstić information content (AvgIpc) is 2.59. The van der Waals surface area contributed by atoms with Crippen molar-refractivity contribution in [2.24, 2.45) is 0 Å². The molecule has 122 valence electrons. The summed E-state index contributed by atoms with van der Waals surface area (Å²) in [6.07, 6.45) is 0. The highest BCUT2D eigenvalue weighted by Crippen LogP contribution is 2.35. The molecule has 0 aliphatic rings. The van der Waals surface area contributed by atoms with E-state index in [9.17, 15) is 4.79 Å². The van der Waals surface area contributed by atoms with Gasteiger partial charge >= 0.3 is 5.97 Å². The third-order valence-electron chi connectivity index (χ3n) is 3.42. The summed E-state index contributed by atoms with van der Waals surface area (Å²) in [6, 6.07) is 10.9. The van der Waals surface area contributed by atoms with Crippen molar-refractivity contribution in [2.45, 2.75) is 13.5 Å². The zero-order valence-electron chi connectivity index (χ0n) is 13.7. The Kier molecular flexibility index (Phi) is 5.46. The number of ether oxygens (including phenoxy) is 4. The number of carbonyl (C=O) groups is 1. The Morgan fingerprint density at radius 3 is 2.00 bits per heavy atom. The Morgan fingerprint density at radius 1 is 0.870 bits per heavy atom. The molecule has 5 nitrogen and oxygen atoms in total. The van der Waals surface area contributed by atoms with Gasteiger partial charge in [0.2, 0.25) is 0 Å². The van der Waals surface area contributed by atoms with Gasteiger partial charge in [-0.2, -0.15) is 0 Å². The molecule has 0 unspecified atom stereocenters. The molecule has 0 spiro atoms. The molecule has 0 heterocycles. The first kappa shape index (κ1) is 16.7. The van der Waals surface area contributed by atoms with E-state index in [0.29, 0.717) is 17.2 Å². The van der Waals surface area contributed by atoms with Gasteiger partial charge in [-0.3, -0.25) is 0 Å². The van der Waals surface area contributed by atoms with Crippen molar-refractivity contribution in [3.8, 4) is 17.2 Å². The van der Waals surface area contributed by atoms with Crippen LogP contribution in [-0.4, -0.2) is 27.3 Å². The monoisotopic (exact) mass is 316 g/mol. The fourth-order valence-corrected chi connectivity index (χ4v) is 2.10. The van der Waals surface area contributed by atoms with Gasteiger partial charge in [-0.25, -0.2) is 4.79 Å². The lowest BCUT2D eigenvalue weighted by Gasteiger charge is -2.13. The predicted molar refractivity (Wildman–Crippen MR) is 86.4 cm³/mol. The molecule has 2 rings (SSSR count). The van der Waals surface area contributed by atoms with Gasteiger partial charge in [0.25, 0.3) is 0 Å². The summed E-state index contributed by atoms with van der Waals surface area (Å²) in [5.41, 5.74) is 2.36. The first-order chi connectivity index (χ1) is 11.1. The van der Waals surface area contributed by atoms with Crippen molar-refractivity contribution >= 4 is 5.97 Å². The standard InChI is InChI=1S/C18H20O5/c1-12-5-7-13(8-6-12)11-23-18(19)14-9-16(21-3)17(22-4)10-15(14)20-2/h5-10H,11H2,1-4H3. The van der Waals surface area contributed by atoms with Gasteiger partial charge in [0.1, 0.15) is 17.9 Å². The second kappa shape index (κ2) is 7.54. The molecule has 2 aromatic carbocycles. The molecule has 0 bridgehead atoms. The van der Waals surface area contributed by atoms with Crippen LogP contribution in [0.15, 0.2) is 36.4 Å². The highest BCUT2D eigenvalue weighted by Gasteiger charge is 2.19. The molecule has 0 saturated heterocycles. The summed E-state index contributed by atoms with van der Waals surface area (Å²) in [5, 5.41) is 0. The molecule has 0 N–H and O–H groups in total. The number of benzene rings is 2. The van der Waals surface area contributed by atoms with Gasteiger partial charge in [0, 0.05) is 12.1 Å². The van der Waals surface area contributed by atoms with Crippen LogP contribution in [0.5, 0.6) is 17.2 Å². The minimum Gasteiger partial charge on any atom is -0.496 e. The van der Waals surface area contributed by atoms with E-state index in [1.54, 1.807) is 12.1 Å². The van der Waals surface area contributed by atoms with Gasteiger partial charge < -0.3 is 18.9 Å². The lowest BCUT2D eigenvalue weighted by atomic mass is 10.1. The van der Waals surface area contributed by atoms with Crippen molar-refractivity contribution in [1.82, 2.24) is 0 Å². The minimum atomic E-state index is -0.483. The normalized spacial score (nSPS) is 10.1. The Balaban J connectivity index is 2.19. The lowest BCUT2D eigenvalue weighted by molar-refractivity contribution is 0.0468. The quantitative estimate of drug-likeness (QED) is 0.765.